The van der Waals surface area contributed by atoms with Crippen molar-refractivity contribution < 1.29 is 9.32 Å². The number of hydrogen-bond donors (Lipinski definition) is 2. The van der Waals surface area contributed by atoms with Crippen LogP contribution in [0.1, 0.15) is 12.0 Å². The molecule has 0 saturated carbocycles. The van der Waals surface area contributed by atoms with Gasteiger partial charge in [0.2, 0.25) is 0 Å². The molecule has 0 bridgehead atoms. The maximum atomic E-state index is 10.8. The molecular formula is C11H17NO2S. The highest BCUT2D eigenvalue weighted by Gasteiger charge is 1.98. The summed E-state index contributed by atoms with van der Waals surface area (Å²) in [4.78, 5) is 0. The number of nitrogens with one attached hydrogen (secondary N) is 1. The third-order valence-corrected chi connectivity index (χ3v) is 2.96. The van der Waals surface area contributed by atoms with Gasteiger partial charge >= 0.3 is 0 Å². The molecule has 84 valence electrons. The predicted molar refractivity (Wildman–Crippen MR) is 63.4 cm³/mol. The first-order valence-electron chi connectivity index (χ1n) is 4.98. The summed E-state index contributed by atoms with van der Waals surface area (Å²) in [6.45, 7) is 1.48. The van der Waals surface area contributed by atoms with E-state index in [1.165, 1.54) is 0 Å². The molecular weight excluding hydrogens is 210 g/mol. The second kappa shape index (κ2) is 6.58. The fourth-order valence-electron chi connectivity index (χ4n) is 1.28. The summed E-state index contributed by atoms with van der Waals surface area (Å²) in [5.41, 5.74) is 0.898. The highest BCUT2D eigenvalue weighted by Crippen LogP contribution is 2.14. The fourth-order valence-corrected chi connectivity index (χ4v) is 1.83. The van der Waals surface area contributed by atoms with Gasteiger partial charge in [-0.3, -0.25) is 4.21 Å². The standard InChI is InChI=1S/C11H17NO2S/c1-15(14)8-4-7-12-9-10-5-2-3-6-11(10)13/h2-3,5-6,12-13H,4,7-9H2,1H3. The monoisotopic (exact) mass is 227 g/mol. The molecule has 1 rings (SSSR count). The summed E-state index contributed by atoms with van der Waals surface area (Å²) in [5.74, 6) is 1.05. The van der Waals surface area contributed by atoms with Crippen molar-refractivity contribution in [2.24, 2.45) is 0 Å². The van der Waals surface area contributed by atoms with Gasteiger partial charge in [-0.1, -0.05) is 18.2 Å². The molecule has 1 atom stereocenters. The molecule has 0 radical (unpaired) electrons. The van der Waals surface area contributed by atoms with E-state index < -0.39 is 10.8 Å². The topological polar surface area (TPSA) is 49.3 Å². The zero-order chi connectivity index (χ0) is 11.1. The van der Waals surface area contributed by atoms with Crippen LogP contribution in [0, 0.1) is 0 Å². The third kappa shape index (κ3) is 4.95. The van der Waals surface area contributed by atoms with Crippen LogP contribution in [0.2, 0.25) is 0 Å². The minimum atomic E-state index is -0.707. The van der Waals surface area contributed by atoms with Crippen molar-refractivity contribution in [3.05, 3.63) is 29.8 Å². The van der Waals surface area contributed by atoms with Crippen LogP contribution >= 0.6 is 0 Å². The second-order valence-corrected chi connectivity index (χ2v) is 4.99. The Morgan fingerprint density at radius 1 is 1.40 bits per heavy atom. The zero-order valence-corrected chi connectivity index (χ0v) is 9.72. The summed E-state index contributed by atoms with van der Waals surface area (Å²) >= 11 is 0. The molecule has 0 fully saturated rings. The van der Waals surface area contributed by atoms with E-state index in [2.05, 4.69) is 5.32 Å². The SMILES string of the molecule is CS(=O)CCCNCc1ccccc1O. The van der Waals surface area contributed by atoms with Crippen molar-refractivity contribution in [2.75, 3.05) is 18.6 Å². The molecule has 1 aromatic rings. The van der Waals surface area contributed by atoms with Gasteiger partial charge in [-0.2, -0.15) is 0 Å². The number of para-hydroxylation sites is 1. The second-order valence-electron chi connectivity index (χ2n) is 3.44. The van der Waals surface area contributed by atoms with Crippen molar-refractivity contribution in [3.8, 4) is 5.75 Å². The normalized spacial score (nSPS) is 12.6. The van der Waals surface area contributed by atoms with E-state index in [0.29, 0.717) is 12.3 Å². The lowest BCUT2D eigenvalue weighted by molar-refractivity contribution is 0.464. The van der Waals surface area contributed by atoms with Gasteiger partial charge in [0.15, 0.2) is 0 Å². The van der Waals surface area contributed by atoms with E-state index in [4.69, 9.17) is 0 Å². The first-order valence-corrected chi connectivity index (χ1v) is 6.70. The summed E-state index contributed by atoms with van der Waals surface area (Å²) in [6.07, 6.45) is 2.61. The lowest BCUT2D eigenvalue weighted by atomic mass is 10.2. The van der Waals surface area contributed by atoms with Gasteiger partial charge in [0, 0.05) is 34.9 Å². The summed E-state index contributed by atoms with van der Waals surface area (Å²) in [6, 6.07) is 7.27. The van der Waals surface area contributed by atoms with E-state index in [-0.39, 0.29) is 0 Å². The Bertz CT molecular complexity index is 328. The lowest BCUT2D eigenvalue weighted by Gasteiger charge is -2.05. The van der Waals surface area contributed by atoms with E-state index >= 15 is 0 Å². The van der Waals surface area contributed by atoms with Gasteiger partial charge in [-0.05, 0) is 19.0 Å². The van der Waals surface area contributed by atoms with Gasteiger partial charge < -0.3 is 10.4 Å². The highest BCUT2D eigenvalue weighted by molar-refractivity contribution is 7.84. The average Bonchev–Trinajstić information content (AvgIpc) is 2.20. The Labute approximate surface area is 93.0 Å². The molecule has 4 heteroatoms. The number of phenolic OH excluding ortho intramolecular Hbond substituents is 1. The molecule has 0 heterocycles. The van der Waals surface area contributed by atoms with Crippen LogP contribution < -0.4 is 5.32 Å². The van der Waals surface area contributed by atoms with Gasteiger partial charge in [0.25, 0.3) is 0 Å². The van der Waals surface area contributed by atoms with E-state index in [1.54, 1.807) is 18.4 Å². The van der Waals surface area contributed by atoms with E-state index in [0.717, 1.165) is 24.3 Å². The van der Waals surface area contributed by atoms with Crippen molar-refractivity contribution in [2.45, 2.75) is 13.0 Å². The number of hydrogen-bond acceptors (Lipinski definition) is 3. The number of benzene rings is 1. The molecule has 15 heavy (non-hydrogen) atoms. The Morgan fingerprint density at radius 2 is 2.13 bits per heavy atom. The van der Waals surface area contributed by atoms with Gasteiger partial charge in [-0.25, -0.2) is 0 Å². The van der Waals surface area contributed by atoms with Gasteiger partial charge in [0.1, 0.15) is 5.75 Å². The third-order valence-electron chi connectivity index (χ3n) is 2.09. The Morgan fingerprint density at radius 3 is 2.80 bits per heavy atom. The maximum Gasteiger partial charge on any atom is 0.120 e. The van der Waals surface area contributed by atoms with Crippen molar-refractivity contribution in [1.29, 1.82) is 0 Å². The quantitative estimate of drug-likeness (QED) is 0.719. The molecule has 0 aliphatic carbocycles. The van der Waals surface area contributed by atoms with E-state index in [9.17, 15) is 9.32 Å². The minimum Gasteiger partial charge on any atom is -0.508 e. The Balaban J connectivity index is 2.21. The molecule has 0 aliphatic rings. The Hall–Kier alpha value is -0.870. The fraction of sp³-hybridized carbons (Fsp3) is 0.455. The first-order chi connectivity index (χ1) is 7.20. The highest BCUT2D eigenvalue weighted by atomic mass is 32.2. The van der Waals surface area contributed by atoms with Gasteiger partial charge in [0.05, 0.1) is 0 Å². The smallest absolute Gasteiger partial charge is 0.120 e. The van der Waals surface area contributed by atoms with E-state index in [1.807, 2.05) is 12.1 Å². The number of aromatic hydroxyl groups is 1. The first kappa shape index (κ1) is 12.2. The van der Waals surface area contributed by atoms with Crippen LogP contribution in [-0.4, -0.2) is 27.9 Å². The molecule has 1 unspecified atom stereocenters. The summed E-state index contributed by atoms with van der Waals surface area (Å²) < 4.78 is 10.8. The molecule has 0 aromatic heterocycles. The van der Waals surface area contributed by atoms with Crippen molar-refractivity contribution in [3.63, 3.8) is 0 Å². The average molecular weight is 227 g/mol. The molecule has 0 amide bonds. The number of rotatable bonds is 6. The molecule has 0 spiro atoms. The van der Waals surface area contributed by atoms with Crippen LogP contribution in [0.3, 0.4) is 0 Å². The zero-order valence-electron chi connectivity index (χ0n) is 8.90. The molecule has 0 saturated heterocycles. The molecule has 3 nitrogen and oxygen atoms in total. The van der Waals surface area contributed by atoms with Crippen LogP contribution in [0.15, 0.2) is 24.3 Å². The summed E-state index contributed by atoms with van der Waals surface area (Å²) in [5, 5.41) is 12.7. The van der Waals surface area contributed by atoms with Crippen LogP contribution in [-0.2, 0) is 17.3 Å². The largest absolute Gasteiger partial charge is 0.508 e. The van der Waals surface area contributed by atoms with Crippen LogP contribution in [0.25, 0.3) is 0 Å². The summed E-state index contributed by atoms with van der Waals surface area (Å²) in [7, 11) is -0.707. The minimum absolute atomic E-state index is 0.323. The lowest BCUT2D eigenvalue weighted by Crippen LogP contribution is -2.16. The predicted octanol–water partition coefficient (Wildman–Crippen LogP) is 1.25. The van der Waals surface area contributed by atoms with Gasteiger partial charge in [-0.15, -0.1) is 0 Å². The molecule has 2 N–H and O–H groups in total. The maximum absolute atomic E-state index is 10.8. The van der Waals surface area contributed by atoms with Crippen LogP contribution in [0.4, 0.5) is 0 Å². The molecule has 1 aromatic carbocycles. The Kier molecular flexibility index (Phi) is 5.36. The van der Waals surface area contributed by atoms with Crippen LogP contribution in [0.5, 0.6) is 5.75 Å². The van der Waals surface area contributed by atoms with Crippen molar-refractivity contribution >= 4 is 10.8 Å². The van der Waals surface area contributed by atoms with Crippen molar-refractivity contribution in [1.82, 2.24) is 5.32 Å². The molecule has 0 aliphatic heterocycles. The number of phenols is 1.